The molecule has 0 aliphatic heterocycles. The van der Waals surface area contributed by atoms with E-state index in [4.69, 9.17) is 0 Å². The Morgan fingerprint density at radius 2 is 2.24 bits per heavy atom. The zero-order chi connectivity index (χ0) is 17.6. The Kier molecular flexibility index (Phi) is 4.38. The van der Waals surface area contributed by atoms with Gasteiger partial charge in [0.05, 0.1) is 11.1 Å². The minimum Gasteiger partial charge on any atom is -0.301 e. The molecule has 9 heteroatoms. The Hall–Kier alpha value is -1.71. The van der Waals surface area contributed by atoms with Crippen LogP contribution in [0.4, 0.5) is 5.13 Å². The van der Waals surface area contributed by atoms with Crippen LogP contribution < -0.4 is 10.9 Å². The molecule has 4 rings (SSSR count). The van der Waals surface area contributed by atoms with E-state index in [0.29, 0.717) is 10.3 Å². The Labute approximate surface area is 156 Å². The number of rotatable bonds is 4. The molecule has 0 unspecified atom stereocenters. The van der Waals surface area contributed by atoms with Gasteiger partial charge >= 0.3 is 0 Å². The van der Waals surface area contributed by atoms with Crippen molar-refractivity contribution in [2.45, 2.75) is 31.3 Å². The third-order valence-electron chi connectivity index (χ3n) is 4.11. The summed E-state index contributed by atoms with van der Waals surface area (Å²) in [6.07, 6.45) is 4.85. The quantitative estimate of drug-likeness (QED) is 0.546. The van der Waals surface area contributed by atoms with E-state index in [2.05, 4.69) is 15.3 Å². The fourth-order valence-corrected chi connectivity index (χ4v) is 5.69. The van der Waals surface area contributed by atoms with Crippen molar-refractivity contribution < 1.29 is 4.79 Å². The van der Waals surface area contributed by atoms with Crippen LogP contribution in [0.3, 0.4) is 0 Å². The molecule has 3 aromatic rings. The summed E-state index contributed by atoms with van der Waals surface area (Å²) in [4.78, 5) is 36.7. The van der Waals surface area contributed by atoms with Crippen molar-refractivity contribution in [3.8, 4) is 0 Å². The van der Waals surface area contributed by atoms with E-state index in [9.17, 15) is 9.59 Å². The lowest BCUT2D eigenvalue weighted by atomic mass is 10.2. The summed E-state index contributed by atoms with van der Waals surface area (Å²) in [6.45, 7) is 1.94. The Morgan fingerprint density at radius 3 is 3.00 bits per heavy atom. The van der Waals surface area contributed by atoms with E-state index < -0.39 is 0 Å². The zero-order valence-corrected chi connectivity index (χ0v) is 16.2. The van der Waals surface area contributed by atoms with E-state index in [1.165, 1.54) is 33.5 Å². The molecule has 1 aliphatic rings. The molecule has 25 heavy (non-hydrogen) atoms. The summed E-state index contributed by atoms with van der Waals surface area (Å²) in [5.41, 5.74) is 1.17. The van der Waals surface area contributed by atoms with E-state index in [-0.39, 0.29) is 17.2 Å². The molecule has 0 radical (unpaired) electrons. The van der Waals surface area contributed by atoms with Gasteiger partial charge < -0.3 is 5.32 Å². The fraction of sp³-hybridized carbons (Fsp3) is 0.375. The largest absolute Gasteiger partial charge is 0.301 e. The smallest absolute Gasteiger partial charge is 0.262 e. The molecule has 3 aromatic heterocycles. The molecular formula is C16H16N4O2S3. The number of aryl methyl sites for hydroxylation is 3. The van der Waals surface area contributed by atoms with E-state index in [1.807, 2.05) is 6.92 Å². The van der Waals surface area contributed by atoms with Crippen molar-refractivity contribution in [3.63, 3.8) is 0 Å². The highest BCUT2D eigenvalue weighted by molar-refractivity contribution is 7.99. The predicted octanol–water partition coefficient (Wildman–Crippen LogP) is 2.98. The summed E-state index contributed by atoms with van der Waals surface area (Å²) in [6, 6.07) is 0. The fourth-order valence-electron chi connectivity index (χ4n) is 2.93. The van der Waals surface area contributed by atoms with Gasteiger partial charge in [0.25, 0.3) is 5.56 Å². The van der Waals surface area contributed by atoms with Crippen molar-refractivity contribution >= 4 is 55.7 Å². The van der Waals surface area contributed by atoms with Crippen LogP contribution in [0.15, 0.2) is 16.1 Å². The number of carbonyl (C=O) groups excluding carboxylic acids is 1. The molecule has 0 atom stereocenters. The van der Waals surface area contributed by atoms with Crippen molar-refractivity contribution in [1.82, 2.24) is 14.5 Å². The summed E-state index contributed by atoms with van der Waals surface area (Å²) < 4.78 is 1.55. The topological polar surface area (TPSA) is 76.9 Å². The molecule has 0 bridgehead atoms. The SMILES string of the molecule is Cc1cnc(NC(=O)CSc2nc3sc4c(c3c(=O)n2C)CCC4)s1. The number of carbonyl (C=O) groups is 1. The minimum atomic E-state index is -0.151. The molecule has 0 fully saturated rings. The summed E-state index contributed by atoms with van der Waals surface area (Å²) >= 11 is 4.33. The Morgan fingerprint density at radius 1 is 1.40 bits per heavy atom. The number of thiophene rings is 1. The van der Waals surface area contributed by atoms with Crippen LogP contribution >= 0.6 is 34.4 Å². The number of amides is 1. The third-order valence-corrected chi connectivity index (χ3v) is 7.15. The first kappa shape index (κ1) is 16.7. The number of fused-ring (bicyclic) bond motifs is 3. The molecule has 0 aromatic carbocycles. The maximum absolute atomic E-state index is 12.7. The lowest BCUT2D eigenvalue weighted by molar-refractivity contribution is -0.113. The summed E-state index contributed by atoms with van der Waals surface area (Å²) in [7, 11) is 1.72. The van der Waals surface area contributed by atoms with Crippen LogP contribution in [0.2, 0.25) is 0 Å². The molecule has 0 saturated heterocycles. The van der Waals surface area contributed by atoms with Gasteiger partial charge in [-0.05, 0) is 31.7 Å². The van der Waals surface area contributed by atoms with E-state index >= 15 is 0 Å². The van der Waals surface area contributed by atoms with Crippen LogP contribution in [0, 0.1) is 6.92 Å². The monoisotopic (exact) mass is 392 g/mol. The molecule has 3 heterocycles. The number of thioether (sulfide) groups is 1. The lowest BCUT2D eigenvalue weighted by Gasteiger charge is -2.07. The van der Waals surface area contributed by atoms with Gasteiger partial charge in [-0.2, -0.15) is 0 Å². The van der Waals surface area contributed by atoms with Gasteiger partial charge in [0.15, 0.2) is 10.3 Å². The van der Waals surface area contributed by atoms with Gasteiger partial charge in [0.1, 0.15) is 4.83 Å². The van der Waals surface area contributed by atoms with E-state index in [0.717, 1.165) is 34.4 Å². The van der Waals surface area contributed by atoms with Crippen LogP contribution in [0.1, 0.15) is 21.7 Å². The van der Waals surface area contributed by atoms with Crippen LogP contribution in [0.25, 0.3) is 10.2 Å². The number of anilines is 1. The van der Waals surface area contributed by atoms with Crippen molar-refractivity contribution in [1.29, 1.82) is 0 Å². The molecule has 1 aliphatic carbocycles. The highest BCUT2D eigenvalue weighted by Gasteiger charge is 2.22. The highest BCUT2D eigenvalue weighted by Crippen LogP contribution is 2.35. The normalized spacial score (nSPS) is 13.4. The number of nitrogens with one attached hydrogen (secondary N) is 1. The van der Waals surface area contributed by atoms with Crippen LogP contribution in [-0.2, 0) is 24.7 Å². The van der Waals surface area contributed by atoms with Crippen LogP contribution in [-0.4, -0.2) is 26.2 Å². The standard InChI is InChI=1S/C16H16N4O2S3/c1-8-6-17-15(24-8)18-11(21)7-23-16-19-13-12(14(22)20(16)2)9-4-3-5-10(9)25-13/h6H,3-5,7H2,1-2H3,(H,17,18,21). The van der Waals surface area contributed by atoms with Gasteiger partial charge in [-0.3, -0.25) is 14.2 Å². The average Bonchev–Trinajstić information content (AvgIpc) is 3.25. The number of nitrogens with zero attached hydrogens (tertiary/aromatic N) is 3. The van der Waals surface area contributed by atoms with Crippen molar-refractivity contribution in [3.05, 3.63) is 31.9 Å². The van der Waals surface area contributed by atoms with Crippen molar-refractivity contribution in [2.75, 3.05) is 11.1 Å². The summed E-state index contributed by atoms with van der Waals surface area (Å²) in [5, 5.41) is 4.71. The third kappa shape index (κ3) is 3.11. The Balaban J connectivity index is 1.54. The maximum atomic E-state index is 12.7. The maximum Gasteiger partial charge on any atom is 0.262 e. The first-order valence-electron chi connectivity index (χ1n) is 7.89. The first-order valence-corrected chi connectivity index (χ1v) is 10.5. The van der Waals surface area contributed by atoms with Gasteiger partial charge in [-0.25, -0.2) is 9.97 Å². The molecule has 0 spiro atoms. The van der Waals surface area contributed by atoms with E-state index in [1.54, 1.807) is 29.1 Å². The lowest BCUT2D eigenvalue weighted by Crippen LogP contribution is -2.21. The summed E-state index contributed by atoms with van der Waals surface area (Å²) in [5.74, 6) is 0.0394. The highest BCUT2D eigenvalue weighted by atomic mass is 32.2. The second kappa shape index (κ2) is 6.54. The molecule has 6 nitrogen and oxygen atoms in total. The minimum absolute atomic E-state index is 0.0112. The number of aromatic nitrogens is 3. The number of hydrogen-bond donors (Lipinski definition) is 1. The molecular weight excluding hydrogens is 376 g/mol. The molecule has 1 N–H and O–H groups in total. The predicted molar refractivity (Wildman–Crippen MR) is 103 cm³/mol. The number of hydrogen-bond acceptors (Lipinski definition) is 7. The van der Waals surface area contributed by atoms with Crippen molar-refractivity contribution in [2.24, 2.45) is 7.05 Å². The second-order valence-corrected chi connectivity index (χ2v) is 9.17. The number of thiazole rings is 1. The second-order valence-electron chi connectivity index (χ2n) is 5.91. The van der Waals surface area contributed by atoms with Gasteiger partial charge in [-0.1, -0.05) is 11.8 Å². The van der Waals surface area contributed by atoms with Crippen LogP contribution in [0.5, 0.6) is 0 Å². The Bertz CT molecular complexity index is 1030. The molecule has 130 valence electrons. The average molecular weight is 393 g/mol. The first-order chi connectivity index (χ1) is 12.0. The van der Waals surface area contributed by atoms with Gasteiger partial charge in [-0.15, -0.1) is 22.7 Å². The van der Waals surface area contributed by atoms with Gasteiger partial charge in [0.2, 0.25) is 5.91 Å². The molecule has 0 saturated carbocycles. The molecule has 1 amide bonds. The zero-order valence-electron chi connectivity index (χ0n) is 13.8. The van der Waals surface area contributed by atoms with Gasteiger partial charge in [0, 0.05) is 23.0 Å².